The molecule has 1 amide bonds. The lowest BCUT2D eigenvalue weighted by atomic mass is 9.54. The zero-order chi connectivity index (χ0) is 13.3. The van der Waals surface area contributed by atoms with E-state index in [4.69, 9.17) is 10.5 Å². The molecule has 0 aromatic carbocycles. The smallest absolute Gasteiger partial charge is 0.240 e. The van der Waals surface area contributed by atoms with Gasteiger partial charge in [0.05, 0.1) is 6.10 Å². The van der Waals surface area contributed by atoms with Crippen LogP contribution in [0, 0.1) is 11.3 Å². The van der Waals surface area contributed by atoms with Gasteiger partial charge in [-0.25, -0.2) is 0 Å². The average Bonchev–Trinajstić information content (AvgIpc) is 2.25. The number of ether oxygens (including phenoxy) is 1. The summed E-state index contributed by atoms with van der Waals surface area (Å²) in [6, 6.07) is 0. The average molecular weight is 279 g/mol. The fraction of sp³-hybridized carbons (Fsp3) is 0.923. The molecular formula is C13H27ClN2O2. The third-order valence-corrected chi connectivity index (χ3v) is 3.91. The largest absolute Gasteiger partial charge is 0.378 e. The van der Waals surface area contributed by atoms with Gasteiger partial charge in [-0.3, -0.25) is 4.79 Å². The number of carbonyl (C=O) groups is 1. The summed E-state index contributed by atoms with van der Waals surface area (Å²) in [5, 5.41) is 2.92. The summed E-state index contributed by atoms with van der Waals surface area (Å²) in [5.41, 5.74) is 5.15. The van der Waals surface area contributed by atoms with Crippen LogP contribution in [0.15, 0.2) is 0 Å². The van der Waals surface area contributed by atoms with Gasteiger partial charge in [0, 0.05) is 25.0 Å². The standard InChI is InChI=1S/C13H26N2O2.ClH/c1-6-17-10-7-13(14,12(10,4)5)11(16)15-8-9(2)3;/h9-10H,6-8,14H2,1-5H3,(H,15,16);1H. The van der Waals surface area contributed by atoms with Crippen molar-refractivity contribution in [3.05, 3.63) is 0 Å². The van der Waals surface area contributed by atoms with E-state index in [2.05, 4.69) is 19.2 Å². The first-order chi connectivity index (χ1) is 7.75. The molecule has 5 heteroatoms. The Kier molecular flexibility index (Phi) is 6.11. The first-order valence-corrected chi connectivity index (χ1v) is 6.44. The van der Waals surface area contributed by atoms with Crippen LogP contribution in [0.25, 0.3) is 0 Å². The number of nitrogens with two attached hydrogens (primary N) is 1. The monoisotopic (exact) mass is 278 g/mol. The third-order valence-electron chi connectivity index (χ3n) is 3.91. The summed E-state index contributed by atoms with van der Waals surface area (Å²) in [6.07, 6.45) is 0.694. The van der Waals surface area contributed by atoms with Gasteiger partial charge >= 0.3 is 0 Å². The predicted molar refractivity (Wildman–Crippen MR) is 75.8 cm³/mol. The van der Waals surface area contributed by atoms with Crippen molar-refractivity contribution >= 4 is 18.3 Å². The van der Waals surface area contributed by atoms with Gasteiger partial charge in [0.1, 0.15) is 5.54 Å². The molecule has 4 nitrogen and oxygen atoms in total. The molecule has 0 heterocycles. The van der Waals surface area contributed by atoms with Crippen LogP contribution in [0.3, 0.4) is 0 Å². The molecular weight excluding hydrogens is 252 g/mol. The summed E-state index contributed by atoms with van der Waals surface area (Å²) in [6.45, 7) is 11.4. The van der Waals surface area contributed by atoms with Crippen molar-refractivity contribution in [3.63, 3.8) is 0 Å². The van der Waals surface area contributed by atoms with Crippen molar-refractivity contribution in [2.75, 3.05) is 13.2 Å². The molecule has 0 aromatic rings. The highest BCUT2D eigenvalue weighted by atomic mass is 35.5. The maximum Gasteiger partial charge on any atom is 0.240 e. The number of carbonyl (C=O) groups excluding carboxylic acids is 1. The van der Waals surface area contributed by atoms with Crippen molar-refractivity contribution < 1.29 is 9.53 Å². The van der Waals surface area contributed by atoms with Gasteiger partial charge in [-0.15, -0.1) is 12.4 Å². The molecule has 0 bridgehead atoms. The van der Waals surface area contributed by atoms with Crippen LogP contribution in [-0.4, -0.2) is 30.7 Å². The normalized spacial score (nSPS) is 29.4. The Bertz CT molecular complexity index is 295. The molecule has 0 aliphatic heterocycles. The van der Waals surface area contributed by atoms with E-state index in [1.54, 1.807) is 0 Å². The zero-order valence-electron chi connectivity index (χ0n) is 12.1. The minimum absolute atomic E-state index is 0. The van der Waals surface area contributed by atoms with E-state index in [0.717, 1.165) is 0 Å². The minimum Gasteiger partial charge on any atom is -0.378 e. The van der Waals surface area contributed by atoms with Crippen molar-refractivity contribution in [2.45, 2.75) is 52.7 Å². The molecule has 18 heavy (non-hydrogen) atoms. The number of nitrogens with one attached hydrogen (secondary N) is 1. The Hall–Kier alpha value is -0.320. The van der Waals surface area contributed by atoms with E-state index in [0.29, 0.717) is 25.5 Å². The van der Waals surface area contributed by atoms with Gasteiger partial charge in [-0.2, -0.15) is 0 Å². The second-order valence-corrected chi connectivity index (χ2v) is 5.95. The Morgan fingerprint density at radius 3 is 2.44 bits per heavy atom. The van der Waals surface area contributed by atoms with Gasteiger partial charge in [0.15, 0.2) is 0 Å². The molecule has 2 unspecified atom stereocenters. The van der Waals surface area contributed by atoms with E-state index in [9.17, 15) is 4.79 Å². The van der Waals surface area contributed by atoms with Crippen molar-refractivity contribution in [1.82, 2.24) is 5.32 Å². The molecule has 108 valence electrons. The zero-order valence-corrected chi connectivity index (χ0v) is 12.9. The Morgan fingerprint density at radius 2 is 2.06 bits per heavy atom. The van der Waals surface area contributed by atoms with Gasteiger partial charge in [-0.05, 0) is 12.8 Å². The van der Waals surface area contributed by atoms with E-state index < -0.39 is 5.54 Å². The van der Waals surface area contributed by atoms with Gasteiger partial charge in [0.25, 0.3) is 0 Å². The molecule has 1 aliphatic carbocycles. The molecule has 1 saturated carbocycles. The highest BCUT2D eigenvalue weighted by molar-refractivity contribution is 5.88. The maximum atomic E-state index is 12.1. The van der Waals surface area contributed by atoms with Crippen LogP contribution in [0.2, 0.25) is 0 Å². The lowest BCUT2D eigenvalue weighted by molar-refractivity contribution is -0.170. The number of rotatable bonds is 5. The van der Waals surface area contributed by atoms with E-state index in [1.807, 2.05) is 20.8 Å². The second-order valence-electron chi connectivity index (χ2n) is 5.95. The van der Waals surface area contributed by atoms with Crippen LogP contribution < -0.4 is 11.1 Å². The molecule has 0 radical (unpaired) electrons. The molecule has 2 atom stereocenters. The van der Waals surface area contributed by atoms with E-state index in [1.165, 1.54) is 0 Å². The summed E-state index contributed by atoms with van der Waals surface area (Å²) in [5.74, 6) is 0.389. The molecule has 1 fully saturated rings. The van der Waals surface area contributed by atoms with E-state index in [-0.39, 0.29) is 29.8 Å². The molecule has 0 aromatic heterocycles. The summed E-state index contributed by atoms with van der Waals surface area (Å²) in [7, 11) is 0. The Morgan fingerprint density at radius 1 is 1.50 bits per heavy atom. The molecule has 1 aliphatic rings. The van der Waals surface area contributed by atoms with Crippen LogP contribution in [0.4, 0.5) is 0 Å². The van der Waals surface area contributed by atoms with Crippen molar-refractivity contribution in [3.8, 4) is 0 Å². The predicted octanol–water partition coefficient (Wildman–Crippen LogP) is 1.71. The fourth-order valence-electron chi connectivity index (χ4n) is 2.28. The highest BCUT2D eigenvalue weighted by Gasteiger charge is 2.62. The SMILES string of the molecule is CCOC1CC(N)(C(=O)NCC(C)C)C1(C)C.Cl. The van der Waals surface area contributed by atoms with Crippen LogP contribution >= 0.6 is 12.4 Å². The number of hydrogen-bond acceptors (Lipinski definition) is 3. The van der Waals surface area contributed by atoms with Crippen molar-refractivity contribution in [2.24, 2.45) is 17.1 Å². The summed E-state index contributed by atoms with van der Waals surface area (Å²) < 4.78 is 5.60. The van der Waals surface area contributed by atoms with E-state index >= 15 is 0 Å². The van der Waals surface area contributed by atoms with Crippen LogP contribution in [0.5, 0.6) is 0 Å². The second kappa shape index (κ2) is 6.22. The Balaban J connectivity index is 0.00000289. The van der Waals surface area contributed by atoms with Gasteiger partial charge in [-0.1, -0.05) is 27.7 Å². The third kappa shape index (κ3) is 2.98. The first-order valence-electron chi connectivity index (χ1n) is 6.44. The molecule has 3 N–H and O–H groups in total. The molecule has 1 rings (SSSR count). The summed E-state index contributed by atoms with van der Waals surface area (Å²) in [4.78, 5) is 12.1. The number of amides is 1. The number of hydrogen-bond donors (Lipinski definition) is 2. The first kappa shape index (κ1) is 17.7. The highest BCUT2D eigenvalue weighted by Crippen LogP contribution is 2.49. The van der Waals surface area contributed by atoms with Gasteiger partial charge in [0.2, 0.25) is 5.91 Å². The van der Waals surface area contributed by atoms with Crippen molar-refractivity contribution in [1.29, 1.82) is 0 Å². The van der Waals surface area contributed by atoms with Crippen LogP contribution in [0.1, 0.15) is 41.0 Å². The number of halogens is 1. The molecule has 0 spiro atoms. The quantitative estimate of drug-likeness (QED) is 0.805. The lowest BCUT2D eigenvalue weighted by Crippen LogP contribution is -2.75. The Labute approximate surface area is 116 Å². The lowest BCUT2D eigenvalue weighted by Gasteiger charge is -2.57. The fourth-order valence-corrected chi connectivity index (χ4v) is 2.28. The summed E-state index contributed by atoms with van der Waals surface area (Å²) >= 11 is 0. The topological polar surface area (TPSA) is 64.3 Å². The maximum absolute atomic E-state index is 12.1. The minimum atomic E-state index is -0.790. The van der Waals surface area contributed by atoms with Gasteiger partial charge < -0.3 is 15.8 Å². The van der Waals surface area contributed by atoms with Crippen LogP contribution in [-0.2, 0) is 9.53 Å². The molecule has 0 saturated heterocycles.